The first-order chi connectivity index (χ1) is 15.4. The van der Waals surface area contributed by atoms with Crippen LogP contribution in [0.25, 0.3) is 0 Å². The fourth-order valence-corrected chi connectivity index (χ4v) is 7.89. The zero-order valence-corrected chi connectivity index (χ0v) is 20.6. The van der Waals surface area contributed by atoms with Crippen LogP contribution in [0.2, 0.25) is 0 Å². The van der Waals surface area contributed by atoms with E-state index in [2.05, 4.69) is 25.7 Å². The first-order valence-electron chi connectivity index (χ1n) is 9.15. The Morgan fingerprint density at radius 1 is 1.22 bits per heavy atom. The maximum atomic E-state index is 12.7. The minimum Gasteiger partial charge on any atom is -0.477 e. The predicted molar refractivity (Wildman–Crippen MR) is 124 cm³/mol. The highest BCUT2D eigenvalue weighted by molar-refractivity contribution is 8.02. The number of carbonyl (C=O) groups excluding carboxylic acids is 2. The quantitative estimate of drug-likeness (QED) is 0.308. The summed E-state index contributed by atoms with van der Waals surface area (Å²) in [6, 6.07) is -0.753. The molecule has 0 bridgehead atoms. The van der Waals surface area contributed by atoms with E-state index in [0.717, 1.165) is 9.35 Å². The molecule has 4 heterocycles. The van der Waals surface area contributed by atoms with E-state index in [0.29, 0.717) is 26.4 Å². The minimum absolute atomic E-state index is 0.00413. The van der Waals surface area contributed by atoms with Gasteiger partial charge >= 0.3 is 5.97 Å². The predicted octanol–water partition coefficient (Wildman–Crippen LogP) is 0.780. The third kappa shape index (κ3) is 4.94. The standard InChI is InChI=1S/C16H17N7O4S5/c1-6-19-21-15(31-6)29-4-7-3-28-13-10(12(25)23(13)11(7)14(26)27)18-8(24)5-30-16-22-20-9(2-17)32-16/h10,13H,2-5,17H2,1H3,(H,18,24)(H,26,27)/t10?,13-/m0/s1. The highest BCUT2D eigenvalue weighted by Gasteiger charge is 2.54. The van der Waals surface area contributed by atoms with Crippen LogP contribution in [-0.2, 0) is 20.9 Å². The number of hydrogen-bond donors (Lipinski definition) is 3. The van der Waals surface area contributed by atoms with Crippen molar-refractivity contribution in [2.75, 3.05) is 17.3 Å². The van der Waals surface area contributed by atoms with E-state index in [1.165, 1.54) is 62.9 Å². The number of carboxylic acid groups (broad SMARTS) is 1. The Bertz CT molecular complexity index is 1090. The number of fused-ring (bicyclic) bond motifs is 1. The van der Waals surface area contributed by atoms with Crippen molar-refractivity contribution in [3.63, 3.8) is 0 Å². The Hall–Kier alpha value is -1.72. The van der Waals surface area contributed by atoms with Crippen LogP contribution < -0.4 is 11.1 Å². The van der Waals surface area contributed by atoms with Gasteiger partial charge in [-0.15, -0.1) is 32.2 Å². The Labute approximate surface area is 203 Å². The van der Waals surface area contributed by atoms with Crippen LogP contribution in [0.3, 0.4) is 0 Å². The lowest BCUT2D eigenvalue weighted by molar-refractivity contribution is -0.150. The summed E-state index contributed by atoms with van der Waals surface area (Å²) >= 11 is 6.80. The van der Waals surface area contributed by atoms with Gasteiger partial charge in [0.05, 0.1) is 5.75 Å². The van der Waals surface area contributed by atoms with E-state index in [1.807, 2.05) is 6.92 Å². The van der Waals surface area contributed by atoms with Gasteiger partial charge < -0.3 is 16.2 Å². The van der Waals surface area contributed by atoms with Crippen molar-refractivity contribution < 1.29 is 19.5 Å². The zero-order valence-electron chi connectivity index (χ0n) is 16.5. The van der Waals surface area contributed by atoms with Gasteiger partial charge in [0.25, 0.3) is 5.91 Å². The summed E-state index contributed by atoms with van der Waals surface area (Å²) in [7, 11) is 0. The van der Waals surface area contributed by atoms with Crippen molar-refractivity contribution in [2.45, 2.75) is 33.6 Å². The summed E-state index contributed by atoms with van der Waals surface area (Å²) in [6.07, 6.45) is 0. The second-order valence-electron chi connectivity index (χ2n) is 6.54. The molecular formula is C16H17N7O4S5. The van der Waals surface area contributed by atoms with Crippen molar-refractivity contribution >= 4 is 75.7 Å². The molecule has 1 fully saturated rings. The third-order valence-corrected chi connectivity index (χ3v) is 9.87. The highest BCUT2D eigenvalue weighted by atomic mass is 32.2. The Morgan fingerprint density at radius 3 is 2.62 bits per heavy atom. The summed E-state index contributed by atoms with van der Waals surface area (Å²) in [5.74, 6) is -0.972. The van der Waals surface area contributed by atoms with Crippen LogP contribution in [0.15, 0.2) is 19.9 Å². The fraction of sp³-hybridized carbons (Fsp3) is 0.438. The van der Waals surface area contributed by atoms with E-state index in [9.17, 15) is 19.5 Å². The van der Waals surface area contributed by atoms with E-state index in [4.69, 9.17) is 5.73 Å². The average molecular weight is 532 g/mol. The van der Waals surface area contributed by atoms with Crippen LogP contribution in [0.4, 0.5) is 0 Å². The molecule has 170 valence electrons. The van der Waals surface area contributed by atoms with Gasteiger partial charge in [0, 0.05) is 18.1 Å². The maximum Gasteiger partial charge on any atom is 0.352 e. The molecule has 16 heteroatoms. The zero-order chi connectivity index (χ0) is 22.8. The number of carboxylic acids is 1. The minimum atomic E-state index is -1.15. The summed E-state index contributed by atoms with van der Waals surface area (Å²) in [5.41, 5.74) is 6.15. The van der Waals surface area contributed by atoms with Gasteiger partial charge in [0.15, 0.2) is 8.68 Å². The molecule has 2 aromatic rings. The molecule has 0 aliphatic carbocycles. The number of rotatable bonds is 9. The SMILES string of the molecule is Cc1nnc(SCC2=C(C(=O)O)N3C(=O)C(NC(=O)CSc4nnc(CN)s4)[C@@H]3SC2)s1. The van der Waals surface area contributed by atoms with Gasteiger partial charge in [-0.3, -0.25) is 14.5 Å². The molecule has 11 nitrogen and oxygen atoms in total. The highest BCUT2D eigenvalue weighted by Crippen LogP contribution is 2.41. The molecular weight excluding hydrogens is 515 g/mol. The Balaban J connectivity index is 1.36. The molecule has 4 N–H and O–H groups in total. The number of amides is 2. The van der Waals surface area contributed by atoms with Gasteiger partial charge in [-0.2, -0.15) is 0 Å². The normalized spacial score (nSPS) is 20.2. The number of aromatic nitrogens is 4. The largest absolute Gasteiger partial charge is 0.477 e. The van der Waals surface area contributed by atoms with Gasteiger partial charge in [-0.05, 0) is 12.5 Å². The number of nitrogens with zero attached hydrogens (tertiary/aromatic N) is 5. The lowest BCUT2D eigenvalue weighted by Gasteiger charge is -2.49. The molecule has 2 aliphatic rings. The number of carbonyl (C=O) groups is 3. The van der Waals surface area contributed by atoms with Gasteiger partial charge in [-0.1, -0.05) is 46.2 Å². The molecule has 32 heavy (non-hydrogen) atoms. The topological polar surface area (TPSA) is 164 Å². The number of nitrogens with two attached hydrogens (primary N) is 1. The molecule has 0 spiro atoms. The third-order valence-electron chi connectivity index (χ3n) is 4.39. The monoisotopic (exact) mass is 531 g/mol. The second kappa shape index (κ2) is 10.0. The summed E-state index contributed by atoms with van der Waals surface area (Å²) in [6.45, 7) is 2.14. The summed E-state index contributed by atoms with van der Waals surface area (Å²) in [4.78, 5) is 38.2. The lowest BCUT2D eigenvalue weighted by atomic mass is 10.0. The smallest absolute Gasteiger partial charge is 0.352 e. The molecule has 2 aliphatic heterocycles. The van der Waals surface area contributed by atoms with Crippen molar-refractivity contribution in [1.82, 2.24) is 30.6 Å². The average Bonchev–Trinajstić information content (AvgIpc) is 3.42. The number of aryl methyl sites for hydroxylation is 1. The van der Waals surface area contributed by atoms with Gasteiger partial charge in [0.1, 0.15) is 27.1 Å². The Morgan fingerprint density at radius 2 is 1.97 bits per heavy atom. The van der Waals surface area contributed by atoms with Gasteiger partial charge in [0.2, 0.25) is 5.91 Å². The number of aliphatic carboxylic acids is 1. The molecule has 1 saturated heterocycles. The molecule has 4 rings (SSSR count). The molecule has 2 amide bonds. The number of nitrogens with one attached hydrogen (secondary N) is 1. The van der Waals surface area contributed by atoms with Crippen LogP contribution in [0, 0.1) is 6.92 Å². The van der Waals surface area contributed by atoms with E-state index in [-0.39, 0.29) is 23.9 Å². The first kappa shape index (κ1) is 23.4. The maximum absolute atomic E-state index is 12.7. The van der Waals surface area contributed by atoms with E-state index >= 15 is 0 Å². The molecule has 2 atom stereocenters. The van der Waals surface area contributed by atoms with Crippen LogP contribution in [-0.4, -0.2) is 76.9 Å². The van der Waals surface area contributed by atoms with E-state index < -0.39 is 23.3 Å². The van der Waals surface area contributed by atoms with Crippen molar-refractivity contribution in [2.24, 2.45) is 5.73 Å². The second-order valence-corrected chi connectivity index (χ2v) is 12.3. The lowest BCUT2D eigenvalue weighted by Crippen LogP contribution is -2.70. The van der Waals surface area contributed by atoms with Crippen LogP contribution in [0.5, 0.6) is 0 Å². The summed E-state index contributed by atoms with van der Waals surface area (Å²) < 4.78 is 1.37. The number of hydrogen-bond acceptors (Lipinski definition) is 13. The van der Waals surface area contributed by atoms with Crippen molar-refractivity contribution in [3.05, 3.63) is 21.3 Å². The number of β-lactam (4-membered cyclic amide) rings is 1. The number of thioether (sulfide) groups is 3. The Kier molecular flexibility index (Phi) is 7.36. The summed E-state index contributed by atoms with van der Waals surface area (Å²) in [5, 5.41) is 29.4. The van der Waals surface area contributed by atoms with Crippen molar-refractivity contribution in [3.8, 4) is 0 Å². The van der Waals surface area contributed by atoms with E-state index in [1.54, 1.807) is 0 Å². The molecule has 0 radical (unpaired) electrons. The van der Waals surface area contributed by atoms with Crippen LogP contribution in [0.1, 0.15) is 10.0 Å². The molecule has 0 saturated carbocycles. The van der Waals surface area contributed by atoms with Crippen LogP contribution >= 0.6 is 58.0 Å². The molecule has 0 aromatic carbocycles. The fourth-order valence-electron chi connectivity index (χ4n) is 3.00. The first-order valence-corrected chi connectivity index (χ1v) is 13.8. The van der Waals surface area contributed by atoms with Crippen molar-refractivity contribution in [1.29, 1.82) is 0 Å². The van der Waals surface area contributed by atoms with Gasteiger partial charge in [-0.25, -0.2) is 4.79 Å². The molecule has 2 aromatic heterocycles. The molecule has 1 unspecified atom stereocenters.